The molecule has 0 aliphatic heterocycles. The zero-order chi connectivity index (χ0) is 20.9. The molecule has 0 fully saturated rings. The molecule has 0 atom stereocenters. The van der Waals surface area contributed by atoms with E-state index in [-0.39, 0.29) is 11.5 Å². The second-order valence-corrected chi connectivity index (χ2v) is 6.80. The largest absolute Gasteiger partial charge is 0.494 e. The van der Waals surface area contributed by atoms with Gasteiger partial charge in [-0.05, 0) is 42.3 Å². The highest BCUT2D eigenvalue weighted by atomic mass is 16.5. The van der Waals surface area contributed by atoms with Gasteiger partial charge in [0.1, 0.15) is 5.75 Å². The van der Waals surface area contributed by atoms with Gasteiger partial charge in [-0.3, -0.25) is 9.59 Å². The summed E-state index contributed by atoms with van der Waals surface area (Å²) in [6.45, 7) is 2.75. The number of hydrogen-bond acceptors (Lipinski definition) is 5. The molecular weight excluding hydrogens is 382 g/mol. The van der Waals surface area contributed by atoms with Crippen LogP contribution >= 0.6 is 0 Å². The Morgan fingerprint density at radius 2 is 1.97 bits per heavy atom. The summed E-state index contributed by atoms with van der Waals surface area (Å²) in [7, 11) is 0. The Labute approximate surface area is 172 Å². The van der Waals surface area contributed by atoms with Crippen LogP contribution in [0.4, 0.5) is 0 Å². The maximum Gasteiger partial charge on any atom is 0.264 e. The van der Waals surface area contributed by atoms with Crippen molar-refractivity contribution in [1.82, 2.24) is 25.3 Å². The molecule has 2 N–H and O–H groups in total. The monoisotopic (exact) mass is 403 g/mol. The third kappa shape index (κ3) is 4.22. The van der Waals surface area contributed by atoms with Crippen molar-refractivity contribution in [2.24, 2.45) is 0 Å². The van der Waals surface area contributed by atoms with E-state index >= 15 is 0 Å². The van der Waals surface area contributed by atoms with Crippen LogP contribution < -0.4 is 15.6 Å². The van der Waals surface area contributed by atoms with Crippen LogP contribution in [-0.4, -0.2) is 39.0 Å². The lowest BCUT2D eigenvalue weighted by molar-refractivity contribution is 0.0951. The number of carbonyl (C=O) groups excluding carboxylic acids is 1. The van der Waals surface area contributed by atoms with E-state index in [1.807, 2.05) is 36.4 Å². The first kappa shape index (κ1) is 19.4. The van der Waals surface area contributed by atoms with Crippen LogP contribution in [0.1, 0.15) is 22.5 Å². The molecule has 152 valence electrons. The summed E-state index contributed by atoms with van der Waals surface area (Å²) in [6, 6.07) is 17.0. The van der Waals surface area contributed by atoms with Gasteiger partial charge in [0.15, 0.2) is 5.82 Å². The number of aromatic nitrogens is 4. The molecule has 30 heavy (non-hydrogen) atoms. The second-order valence-electron chi connectivity index (χ2n) is 6.80. The summed E-state index contributed by atoms with van der Waals surface area (Å²) in [4.78, 5) is 23.6. The fourth-order valence-corrected chi connectivity index (χ4v) is 3.14. The minimum Gasteiger partial charge on any atom is -0.494 e. The molecule has 8 nitrogen and oxygen atoms in total. The second kappa shape index (κ2) is 8.60. The average Bonchev–Trinajstić information content (AvgIpc) is 3.15. The Balaban J connectivity index is 1.28. The first-order valence-corrected chi connectivity index (χ1v) is 9.62. The van der Waals surface area contributed by atoms with Crippen molar-refractivity contribution >= 4 is 16.7 Å². The number of carbonyl (C=O) groups is 1. The van der Waals surface area contributed by atoms with Gasteiger partial charge in [-0.25, -0.2) is 9.78 Å². The molecule has 0 saturated heterocycles. The summed E-state index contributed by atoms with van der Waals surface area (Å²) < 4.78 is 7.30. The lowest BCUT2D eigenvalue weighted by Gasteiger charge is -2.08. The van der Waals surface area contributed by atoms with Crippen molar-refractivity contribution in [3.05, 3.63) is 82.4 Å². The molecule has 4 aromatic rings. The Kier molecular flexibility index (Phi) is 5.56. The van der Waals surface area contributed by atoms with Crippen molar-refractivity contribution in [3.8, 4) is 11.6 Å². The van der Waals surface area contributed by atoms with Crippen LogP contribution in [-0.2, 0) is 0 Å². The van der Waals surface area contributed by atoms with Crippen LogP contribution in [0.5, 0.6) is 5.75 Å². The fraction of sp³-hybridized carbons (Fsp3) is 0.182. The van der Waals surface area contributed by atoms with Crippen molar-refractivity contribution < 1.29 is 9.53 Å². The number of nitrogens with zero attached hydrogens (tertiary/aromatic N) is 3. The van der Waals surface area contributed by atoms with Crippen molar-refractivity contribution in [2.45, 2.75) is 13.3 Å². The average molecular weight is 403 g/mol. The zero-order valence-electron chi connectivity index (χ0n) is 16.5. The minimum absolute atomic E-state index is 0.214. The number of ether oxygens (including phenoxy) is 1. The molecule has 8 heteroatoms. The van der Waals surface area contributed by atoms with Gasteiger partial charge in [-0.2, -0.15) is 10.2 Å². The first-order valence-electron chi connectivity index (χ1n) is 9.62. The summed E-state index contributed by atoms with van der Waals surface area (Å²) in [5, 5.41) is 15.7. The molecule has 2 aromatic heterocycles. The smallest absolute Gasteiger partial charge is 0.264 e. The predicted molar refractivity (Wildman–Crippen MR) is 113 cm³/mol. The Hall–Kier alpha value is -3.94. The number of H-pyrrole nitrogens is 1. The molecule has 4 rings (SSSR count). The Bertz CT molecular complexity index is 1220. The molecule has 1 amide bonds. The number of rotatable bonds is 7. The molecule has 2 heterocycles. The van der Waals surface area contributed by atoms with Gasteiger partial charge in [0.2, 0.25) is 0 Å². The topological polar surface area (TPSA) is 102 Å². The zero-order valence-corrected chi connectivity index (χ0v) is 16.5. The SMILES string of the molecule is Cc1c(C(=O)NCCCOc2ccc3ccccc3c2)cnn1-c1ccc(=O)[nH]n1. The first-order chi connectivity index (χ1) is 14.6. The summed E-state index contributed by atoms with van der Waals surface area (Å²) in [5.41, 5.74) is 0.797. The van der Waals surface area contributed by atoms with Gasteiger partial charge in [0.05, 0.1) is 24.1 Å². The van der Waals surface area contributed by atoms with Gasteiger partial charge in [-0.1, -0.05) is 30.3 Å². The molecule has 0 bridgehead atoms. The van der Waals surface area contributed by atoms with Crippen LogP contribution in [0.2, 0.25) is 0 Å². The number of aromatic amines is 1. The third-order valence-corrected chi connectivity index (χ3v) is 4.73. The number of hydrogen-bond donors (Lipinski definition) is 2. The maximum atomic E-state index is 12.5. The maximum absolute atomic E-state index is 12.5. The van der Waals surface area contributed by atoms with E-state index in [1.54, 1.807) is 13.0 Å². The lowest BCUT2D eigenvalue weighted by Crippen LogP contribution is -2.26. The van der Waals surface area contributed by atoms with E-state index in [0.29, 0.717) is 36.6 Å². The molecular formula is C22H21N5O3. The molecule has 0 aliphatic rings. The van der Waals surface area contributed by atoms with E-state index in [4.69, 9.17) is 4.74 Å². The van der Waals surface area contributed by atoms with Crippen LogP contribution in [0.25, 0.3) is 16.6 Å². The molecule has 0 unspecified atom stereocenters. The lowest BCUT2D eigenvalue weighted by atomic mass is 10.1. The van der Waals surface area contributed by atoms with Gasteiger partial charge < -0.3 is 10.1 Å². The van der Waals surface area contributed by atoms with Crippen LogP contribution in [0, 0.1) is 6.92 Å². The van der Waals surface area contributed by atoms with Crippen molar-refractivity contribution in [1.29, 1.82) is 0 Å². The Morgan fingerprint density at radius 1 is 1.13 bits per heavy atom. The van der Waals surface area contributed by atoms with E-state index in [9.17, 15) is 9.59 Å². The van der Waals surface area contributed by atoms with E-state index < -0.39 is 0 Å². The van der Waals surface area contributed by atoms with E-state index in [0.717, 1.165) is 11.1 Å². The summed E-state index contributed by atoms with van der Waals surface area (Å²) in [5.74, 6) is 1.04. The molecule has 2 aromatic carbocycles. The highest BCUT2D eigenvalue weighted by molar-refractivity contribution is 5.95. The predicted octanol–water partition coefficient (Wildman–Crippen LogP) is 2.62. The quantitative estimate of drug-likeness (QED) is 0.462. The van der Waals surface area contributed by atoms with Gasteiger partial charge >= 0.3 is 0 Å². The highest BCUT2D eigenvalue weighted by Crippen LogP contribution is 2.20. The minimum atomic E-state index is -0.299. The molecule has 0 radical (unpaired) electrons. The number of benzene rings is 2. The van der Waals surface area contributed by atoms with Crippen LogP contribution in [0.3, 0.4) is 0 Å². The number of nitrogens with one attached hydrogen (secondary N) is 2. The standard InChI is InChI=1S/C22H21N5O3/c1-15-19(14-24-27(15)20-9-10-21(28)26-25-20)22(29)23-11-4-12-30-18-8-7-16-5-2-3-6-17(16)13-18/h2-3,5-10,13-14H,4,11-12H2,1H3,(H,23,29)(H,26,28). The Morgan fingerprint density at radius 3 is 2.77 bits per heavy atom. The summed E-state index contributed by atoms with van der Waals surface area (Å²) in [6.07, 6.45) is 2.16. The molecule has 0 aliphatic carbocycles. The van der Waals surface area contributed by atoms with E-state index in [1.165, 1.54) is 22.3 Å². The normalized spacial score (nSPS) is 10.8. The van der Waals surface area contributed by atoms with Gasteiger partial charge in [-0.15, -0.1) is 0 Å². The van der Waals surface area contributed by atoms with Crippen LogP contribution in [0.15, 0.2) is 65.6 Å². The molecule has 0 saturated carbocycles. The van der Waals surface area contributed by atoms with Gasteiger partial charge in [0, 0.05) is 12.6 Å². The number of amides is 1. The van der Waals surface area contributed by atoms with Gasteiger partial charge in [0.25, 0.3) is 11.5 Å². The molecule has 0 spiro atoms. The van der Waals surface area contributed by atoms with Crippen molar-refractivity contribution in [2.75, 3.05) is 13.2 Å². The number of fused-ring (bicyclic) bond motifs is 1. The van der Waals surface area contributed by atoms with Crippen molar-refractivity contribution in [3.63, 3.8) is 0 Å². The highest BCUT2D eigenvalue weighted by Gasteiger charge is 2.15. The summed E-state index contributed by atoms with van der Waals surface area (Å²) >= 11 is 0. The van der Waals surface area contributed by atoms with E-state index in [2.05, 4.69) is 26.7 Å². The third-order valence-electron chi connectivity index (χ3n) is 4.73. The fourth-order valence-electron chi connectivity index (χ4n) is 3.14.